The van der Waals surface area contributed by atoms with E-state index in [1.807, 2.05) is 12.3 Å². The second kappa shape index (κ2) is 4.36. The van der Waals surface area contributed by atoms with Crippen molar-refractivity contribution < 1.29 is 0 Å². The molecule has 1 heterocycles. The second-order valence-electron chi connectivity index (χ2n) is 6.36. The van der Waals surface area contributed by atoms with Gasteiger partial charge in [-0.15, -0.1) is 0 Å². The van der Waals surface area contributed by atoms with Gasteiger partial charge in [0.05, 0.1) is 6.04 Å². The molecule has 2 aliphatic rings. The van der Waals surface area contributed by atoms with Crippen molar-refractivity contribution in [1.82, 2.24) is 5.32 Å². The van der Waals surface area contributed by atoms with Gasteiger partial charge in [-0.05, 0) is 40.1 Å². The third-order valence-corrected chi connectivity index (χ3v) is 4.75. The van der Waals surface area contributed by atoms with E-state index in [9.17, 15) is 0 Å². The Labute approximate surface area is 126 Å². The fraction of sp³-hybridized carbons (Fsp3) is 0.200. The molecule has 2 aromatic rings. The van der Waals surface area contributed by atoms with Crippen molar-refractivity contribution >= 4 is 0 Å². The maximum absolute atomic E-state index is 3.41. The van der Waals surface area contributed by atoms with Gasteiger partial charge in [0, 0.05) is 5.41 Å². The Kier molecular flexibility index (Phi) is 2.58. The number of nitrogens with one attached hydrogen (secondary N) is 1. The molecule has 0 radical (unpaired) electrons. The average Bonchev–Trinajstić information content (AvgIpc) is 2.77. The molecule has 1 nitrogen and oxygen atoms in total. The summed E-state index contributed by atoms with van der Waals surface area (Å²) in [5, 5.41) is 3.41. The summed E-state index contributed by atoms with van der Waals surface area (Å²) in [6.07, 6.45) is 8.35. The molecule has 21 heavy (non-hydrogen) atoms. The molecule has 0 spiro atoms. The number of benzene rings is 2. The van der Waals surface area contributed by atoms with Crippen LogP contribution in [-0.2, 0) is 5.41 Å². The van der Waals surface area contributed by atoms with Crippen LogP contribution in [0.2, 0.25) is 0 Å². The summed E-state index contributed by atoms with van der Waals surface area (Å²) in [5.74, 6) is 0. The van der Waals surface area contributed by atoms with Gasteiger partial charge in [-0.2, -0.15) is 0 Å². The van der Waals surface area contributed by atoms with Crippen molar-refractivity contribution in [3.63, 3.8) is 0 Å². The summed E-state index contributed by atoms with van der Waals surface area (Å²) in [4.78, 5) is 0. The van der Waals surface area contributed by atoms with E-state index >= 15 is 0 Å². The average molecular weight is 273 g/mol. The highest BCUT2D eigenvalue weighted by molar-refractivity contribution is 5.80. The first kappa shape index (κ1) is 12.5. The summed E-state index contributed by atoms with van der Waals surface area (Å²) in [6, 6.07) is 16.0. The van der Waals surface area contributed by atoms with E-state index in [1.165, 1.54) is 27.8 Å². The maximum Gasteiger partial charge on any atom is 0.0695 e. The van der Waals surface area contributed by atoms with Gasteiger partial charge in [0.15, 0.2) is 0 Å². The number of hydrogen-bond donors (Lipinski definition) is 1. The van der Waals surface area contributed by atoms with Crippen LogP contribution >= 0.6 is 0 Å². The zero-order valence-corrected chi connectivity index (χ0v) is 12.4. The van der Waals surface area contributed by atoms with Crippen molar-refractivity contribution in [3.05, 3.63) is 83.6 Å². The van der Waals surface area contributed by atoms with E-state index < -0.39 is 0 Å². The molecule has 0 bridgehead atoms. The van der Waals surface area contributed by atoms with E-state index in [1.54, 1.807) is 0 Å². The van der Waals surface area contributed by atoms with Crippen molar-refractivity contribution in [3.8, 4) is 11.1 Å². The lowest BCUT2D eigenvalue weighted by Gasteiger charge is -2.23. The zero-order chi connectivity index (χ0) is 14.4. The van der Waals surface area contributed by atoms with Gasteiger partial charge in [0.25, 0.3) is 0 Å². The van der Waals surface area contributed by atoms with E-state index in [0.29, 0.717) is 0 Å². The summed E-state index contributed by atoms with van der Waals surface area (Å²) < 4.78 is 0. The van der Waals surface area contributed by atoms with Crippen LogP contribution in [0.5, 0.6) is 0 Å². The van der Waals surface area contributed by atoms with E-state index in [2.05, 4.69) is 73.8 Å². The van der Waals surface area contributed by atoms with Crippen LogP contribution < -0.4 is 5.32 Å². The van der Waals surface area contributed by atoms with Gasteiger partial charge in [-0.1, -0.05) is 68.5 Å². The van der Waals surface area contributed by atoms with E-state index in [0.717, 1.165) is 0 Å². The Morgan fingerprint density at radius 1 is 0.905 bits per heavy atom. The fourth-order valence-electron chi connectivity index (χ4n) is 3.57. The Morgan fingerprint density at radius 3 is 2.52 bits per heavy atom. The van der Waals surface area contributed by atoms with Crippen molar-refractivity contribution in [1.29, 1.82) is 0 Å². The molecule has 104 valence electrons. The smallest absolute Gasteiger partial charge is 0.0695 e. The van der Waals surface area contributed by atoms with Crippen LogP contribution in [0.1, 0.15) is 36.6 Å². The van der Waals surface area contributed by atoms with Crippen LogP contribution in [0, 0.1) is 0 Å². The molecule has 0 aromatic heterocycles. The quantitative estimate of drug-likeness (QED) is 0.793. The molecule has 0 amide bonds. The molecule has 1 N–H and O–H groups in total. The molecule has 1 heteroatoms. The molecule has 4 rings (SSSR count). The number of dihydropyridines is 1. The third-order valence-electron chi connectivity index (χ3n) is 4.75. The lowest BCUT2D eigenvalue weighted by atomic mass is 9.81. The third kappa shape index (κ3) is 1.77. The predicted molar refractivity (Wildman–Crippen MR) is 88.2 cm³/mol. The van der Waals surface area contributed by atoms with Gasteiger partial charge < -0.3 is 5.32 Å². The van der Waals surface area contributed by atoms with Crippen LogP contribution in [-0.4, -0.2) is 0 Å². The normalized spacial score (nSPS) is 20.8. The molecular weight excluding hydrogens is 254 g/mol. The summed E-state index contributed by atoms with van der Waals surface area (Å²) in [6.45, 7) is 4.65. The topological polar surface area (TPSA) is 12.0 Å². The van der Waals surface area contributed by atoms with Crippen LogP contribution in [0.15, 0.2) is 66.9 Å². The lowest BCUT2D eigenvalue weighted by Crippen LogP contribution is -2.18. The first-order valence-corrected chi connectivity index (χ1v) is 7.51. The summed E-state index contributed by atoms with van der Waals surface area (Å²) in [7, 11) is 0. The van der Waals surface area contributed by atoms with Crippen LogP contribution in [0.3, 0.4) is 0 Å². The van der Waals surface area contributed by atoms with Crippen molar-refractivity contribution in [2.45, 2.75) is 25.3 Å². The second-order valence-corrected chi connectivity index (χ2v) is 6.36. The van der Waals surface area contributed by atoms with E-state index in [-0.39, 0.29) is 11.5 Å². The van der Waals surface area contributed by atoms with Gasteiger partial charge in [-0.3, -0.25) is 0 Å². The van der Waals surface area contributed by atoms with Gasteiger partial charge in [0.1, 0.15) is 0 Å². The molecule has 2 aromatic carbocycles. The first-order valence-electron chi connectivity index (χ1n) is 7.51. The molecule has 1 aliphatic heterocycles. The molecule has 0 saturated heterocycles. The minimum absolute atomic E-state index is 0.0795. The Balaban J connectivity index is 1.86. The number of rotatable bonds is 1. The summed E-state index contributed by atoms with van der Waals surface area (Å²) >= 11 is 0. The Bertz CT molecular complexity index is 765. The minimum atomic E-state index is 0.0795. The first-order chi connectivity index (χ1) is 10.2. The molecular formula is C20H19N. The van der Waals surface area contributed by atoms with E-state index in [4.69, 9.17) is 0 Å². The largest absolute Gasteiger partial charge is 0.381 e. The highest BCUT2D eigenvalue weighted by Gasteiger charge is 2.35. The molecule has 0 fully saturated rings. The minimum Gasteiger partial charge on any atom is -0.381 e. The maximum atomic E-state index is 3.41. The molecule has 1 unspecified atom stereocenters. The Morgan fingerprint density at radius 2 is 1.71 bits per heavy atom. The number of allylic oxidation sites excluding steroid dienone is 2. The van der Waals surface area contributed by atoms with Gasteiger partial charge in [-0.25, -0.2) is 0 Å². The predicted octanol–water partition coefficient (Wildman–Crippen LogP) is 4.71. The van der Waals surface area contributed by atoms with Crippen LogP contribution in [0.4, 0.5) is 0 Å². The van der Waals surface area contributed by atoms with Crippen molar-refractivity contribution in [2.24, 2.45) is 0 Å². The highest BCUT2D eigenvalue weighted by atomic mass is 14.9. The highest BCUT2D eigenvalue weighted by Crippen LogP contribution is 2.49. The monoisotopic (exact) mass is 273 g/mol. The summed E-state index contributed by atoms with van der Waals surface area (Å²) in [5.41, 5.74) is 7.05. The molecule has 1 atom stereocenters. The Hall–Kier alpha value is -2.28. The SMILES string of the molecule is CC1(C)c2ccccc2-c2ccc(C3C=CC=CN3)cc21. The standard InChI is InChI=1S/C20H19N/c1-20(2)17-8-4-3-7-15(17)16-11-10-14(13-18(16)20)19-9-5-6-12-21-19/h3-13,19,21H,1-2H3. The number of fused-ring (bicyclic) bond motifs is 3. The molecule has 1 aliphatic carbocycles. The van der Waals surface area contributed by atoms with Crippen molar-refractivity contribution in [2.75, 3.05) is 0 Å². The van der Waals surface area contributed by atoms with Gasteiger partial charge >= 0.3 is 0 Å². The number of hydrogen-bond acceptors (Lipinski definition) is 1. The van der Waals surface area contributed by atoms with Crippen LogP contribution in [0.25, 0.3) is 11.1 Å². The fourth-order valence-corrected chi connectivity index (χ4v) is 3.57. The van der Waals surface area contributed by atoms with Gasteiger partial charge in [0.2, 0.25) is 0 Å². The lowest BCUT2D eigenvalue weighted by molar-refractivity contribution is 0.655. The zero-order valence-electron chi connectivity index (χ0n) is 12.4. The molecule has 0 saturated carbocycles.